The van der Waals surface area contributed by atoms with Gasteiger partial charge in [0.15, 0.2) is 0 Å². The minimum Gasteiger partial charge on any atom is -0.482 e. The Hall–Kier alpha value is -0.110. The summed E-state index contributed by atoms with van der Waals surface area (Å²) in [5.41, 5.74) is 6.22. The van der Waals surface area contributed by atoms with Gasteiger partial charge in [-0.15, -0.1) is 11.3 Å². The van der Waals surface area contributed by atoms with Crippen molar-refractivity contribution >= 4 is 49.9 Å². The number of nitrogens with two attached hydrogens (primary N) is 1. The van der Waals surface area contributed by atoms with Crippen LogP contribution in [0.2, 0.25) is 0 Å². The minimum atomic E-state index is -0.0998. The Labute approximate surface area is 139 Å². The maximum Gasteiger partial charge on any atom is 0.148 e. The number of para-hydroxylation sites is 1. The van der Waals surface area contributed by atoms with Crippen molar-refractivity contribution in [3.05, 3.63) is 48.6 Å². The molecule has 2 unspecified atom stereocenters. The van der Waals surface area contributed by atoms with Crippen LogP contribution < -0.4 is 10.5 Å². The van der Waals surface area contributed by atoms with Crippen molar-refractivity contribution in [3.63, 3.8) is 0 Å². The van der Waals surface area contributed by atoms with Crippen LogP contribution in [0.1, 0.15) is 24.3 Å². The molecule has 5 heteroatoms. The first kappa shape index (κ1) is 15.3. The maximum absolute atomic E-state index is 6.22. The van der Waals surface area contributed by atoms with Gasteiger partial charge >= 0.3 is 0 Å². The van der Waals surface area contributed by atoms with Crippen LogP contribution in [0.25, 0.3) is 0 Å². The van der Waals surface area contributed by atoms with Crippen LogP contribution in [-0.4, -0.2) is 6.04 Å². The molecule has 0 aliphatic heterocycles. The summed E-state index contributed by atoms with van der Waals surface area (Å²) >= 11 is 7.44. The quantitative estimate of drug-likeness (QED) is 0.651. The predicted molar refractivity (Wildman–Crippen MR) is 92.8 cm³/mol. The molecular weight excluding hydrogens is 437 g/mol. The molecule has 2 aromatic rings. The molecule has 19 heavy (non-hydrogen) atoms. The molecule has 2 nitrogen and oxygen atoms in total. The predicted octanol–water partition coefficient (Wildman–Crippen LogP) is 4.97. The molecule has 2 atom stereocenters. The Morgan fingerprint density at radius 1 is 1.42 bits per heavy atom. The van der Waals surface area contributed by atoms with Crippen molar-refractivity contribution in [3.8, 4) is 5.75 Å². The smallest absolute Gasteiger partial charge is 0.148 e. The molecule has 2 rings (SSSR count). The van der Waals surface area contributed by atoms with Crippen LogP contribution in [0, 0.1) is 3.57 Å². The van der Waals surface area contributed by atoms with Gasteiger partial charge in [-0.3, -0.25) is 0 Å². The van der Waals surface area contributed by atoms with Gasteiger partial charge in [-0.2, -0.15) is 0 Å². The van der Waals surface area contributed by atoms with Crippen LogP contribution in [0.5, 0.6) is 5.75 Å². The van der Waals surface area contributed by atoms with Gasteiger partial charge in [0.1, 0.15) is 11.9 Å². The van der Waals surface area contributed by atoms with E-state index in [4.69, 9.17) is 10.5 Å². The van der Waals surface area contributed by atoms with E-state index in [1.54, 1.807) is 11.3 Å². The van der Waals surface area contributed by atoms with Crippen LogP contribution in [0.3, 0.4) is 0 Å². The molecule has 0 saturated heterocycles. The van der Waals surface area contributed by atoms with E-state index in [0.29, 0.717) is 0 Å². The number of thiophene rings is 1. The molecule has 0 aliphatic rings. The summed E-state index contributed by atoms with van der Waals surface area (Å²) in [6, 6.07) is 10.1. The Bertz CT molecular complexity index is 546. The molecule has 2 N–H and O–H groups in total. The van der Waals surface area contributed by atoms with Gasteiger partial charge in [0.25, 0.3) is 0 Å². The van der Waals surface area contributed by atoms with Gasteiger partial charge in [-0.05, 0) is 63.1 Å². The Balaban J connectivity index is 2.27. The molecule has 0 radical (unpaired) electrons. The number of halogens is 2. The van der Waals surface area contributed by atoms with Crippen LogP contribution >= 0.6 is 49.9 Å². The second-order valence-electron chi connectivity index (χ2n) is 4.21. The second kappa shape index (κ2) is 7.06. The van der Waals surface area contributed by atoms with Gasteiger partial charge in [0, 0.05) is 20.8 Å². The lowest BCUT2D eigenvalue weighted by atomic mass is 10.1. The third-order valence-corrected chi connectivity index (χ3v) is 5.47. The van der Waals surface area contributed by atoms with Gasteiger partial charge in [0.05, 0.1) is 3.57 Å². The van der Waals surface area contributed by atoms with E-state index < -0.39 is 0 Å². The van der Waals surface area contributed by atoms with Crippen molar-refractivity contribution in [2.75, 3.05) is 0 Å². The molecule has 0 amide bonds. The monoisotopic (exact) mass is 451 g/mol. The summed E-state index contributed by atoms with van der Waals surface area (Å²) in [5, 5.41) is 2.06. The summed E-state index contributed by atoms with van der Waals surface area (Å²) in [7, 11) is 0. The third-order valence-electron chi connectivity index (χ3n) is 2.82. The fraction of sp³-hybridized carbons (Fsp3) is 0.286. The van der Waals surface area contributed by atoms with Gasteiger partial charge in [0.2, 0.25) is 0 Å². The summed E-state index contributed by atoms with van der Waals surface area (Å²) in [4.78, 5) is 1.15. The summed E-state index contributed by atoms with van der Waals surface area (Å²) in [6.07, 6.45) is 0.779. The van der Waals surface area contributed by atoms with Crippen molar-refractivity contribution in [2.24, 2.45) is 5.73 Å². The Morgan fingerprint density at radius 3 is 2.74 bits per heavy atom. The molecule has 1 aromatic heterocycles. The fourth-order valence-electron chi connectivity index (χ4n) is 1.73. The average molecular weight is 452 g/mol. The lowest BCUT2D eigenvalue weighted by molar-refractivity contribution is 0.173. The highest BCUT2D eigenvalue weighted by Gasteiger charge is 2.23. The summed E-state index contributed by atoms with van der Waals surface area (Å²) in [5.74, 6) is 0.890. The topological polar surface area (TPSA) is 35.2 Å². The minimum absolute atomic E-state index is 0.0124. The largest absolute Gasteiger partial charge is 0.482 e. The zero-order chi connectivity index (χ0) is 13.8. The van der Waals surface area contributed by atoms with Crippen LogP contribution in [0.4, 0.5) is 0 Å². The first-order valence-corrected chi connectivity index (χ1v) is 8.77. The van der Waals surface area contributed by atoms with E-state index in [2.05, 4.69) is 56.9 Å². The highest BCUT2D eigenvalue weighted by atomic mass is 127. The first-order chi connectivity index (χ1) is 9.11. The zero-order valence-electron chi connectivity index (χ0n) is 10.5. The first-order valence-electron chi connectivity index (χ1n) is 6.02. The SMILES string of the molecule is CCC(N)C(Oc1ccccc1I)c1cc(Br)cs1. The second-order valence-corrected chi connectivity index (χ2v) is 7.23. The van der Waals surface area contributed by atoms with E-state index >= 15 is 0 Å². The van der Waals surface area contributed by atoms with E-state index in [1.165, 1.54) is 0 Å². The third kappa shape index (κ3) is 3.93. The standard InChI is InChI=1S/C14H15BrINOS/c1-2-11(17)14(13-7-9(15)8-19-13)18-12-6-4-3-5-10(12)16/h3-8,11,14H,2,17H2,1H3. The van der Waals surface area contributed by atoms with Crippen molar-refractivity contribution in [2.45, 2.75) is 25.5 Å². The number of hydrogen-bond donors (Lipinski definition) is 1. The molecular formula is C14H15BrINOS. The summed E-state index contributed by atoms with van der Waals surface area (Å²) in [6.45, 7) is 2.08. The molecule has 0 bridgehead atoms. The lowest BCUT2D eigenvalue weighted by Gasteiger charge is -2.24. The van der Waals surface area contributed by atoms with Crippen molar-refractivity contribution in [1.82, 2.24) is 0 Å². The molecule has 1 heterocycles. The van der Waals surface area contributed by atoms with Gasteiger partial charge in [-0.25, -0.2) is 0 Å². The molecule has 0 aliphatic carbocycles. The van der Waals surface area contributed by atoms with E-state index in [0.717, 1.165) is 25.1 Å². The molecule has 1 aromatic carbocycles. The normalized spacial score (nSPS) is 14.1. The Kier molecular flexibility index (Phi) is 5.68. The van der Waals surface area contributed by atoms with Crippen LogP contribution in [-0.2, 0) is 0 Å². The Morgan fingerprint density at radius 2 is 2.16 bits per heavy atom. The molecule has 102 valence electrons. The highest BCUT2D eigenvalue weighted by molar-refractivity contribution is 14.1. The number of rotatable bonds is 5. The van der Waals surface area contributed by atoms with Crippen LogP contribution in [0.15, 0.2) is 40.2 Å². The molecule has 0 fully saturated rings. The molecule has 0 saturated carbocycles. The van der Waals surface area contributed by atoms with Crippen molar-refractivity contribution in [1.29, 1.82) is 0 Å². The highest BCUT2D eigenvalue weighted by Crippen LogP contribution is 2.33. The van der Waals surface area contributed by atoms with Gasteiger partial charge < -0.3 is 10.5 Å². The number of hydrogen-bond acceptors (Lipinski definition) is 3. The van der Waals surface area contributed by atoms with Crippen molar-refractivity contribution < 1.29 is 4.74 Å². The average Bonchev–Trinajstić information content (AvgIpc) is 2.83. The van der Waals surface area contributed by atoms with Gasteiger partial charge in [-0.1, -0.05) is 19.1 Å². The van der Waals surface area contributed by atoms with E-state index in [9.17, 15) is 0 Å². The fourth-order valence-corrected chi connectivity index (χ4v) is 3.79. The maximum atomic E-state index is 6.22. The summed E-state index contributed by atoms with van der Waals surface area (Å²) < 4.78 is 8.33. The lowest BCUT2D eigenvalue weighted by Crippen LogP contribution is -2.31. The zero-order valence-corrected chi connectivity index (χ0v) is 15.0. The number of ether oxygens (including phenoxy) is 1. The number of benzene rings is 1. The van der Waals surface area contributed by atoms with E-state index in [1.807, 2.05) is 24.3 Å². The molecule has 0 spiro atoms. The van der Waals surface area contributed by atoms with E-state index in [-0.39, 0.29) is 12.1 Å².